The number of fused-ring (bicyclic) bond motifs is 1. The van der Waals surface area contributed by atoms with Crippen LogP contribution in [0.1, 0.15) is 12.5 Å². The molecule has 5 heteroatoms. The quantitative estimate of drug-likeness (QED) is 0.417. The Morgan fingerprint density at radius 1 is 1.21 bits per heavy atom. The van der Waals surface area contributed by atoms with Crippen LogP contribution in [0.15, 0.2) is 56.7 Å². The lowest BCUT2D eigenvalue weighted by Crippen LogP contribution is -2.07. The Hall–Kier alpha value is -2.75. The summed E-state index contributed by atoms with van der Waals surface area (Å²) in [6.45, 7) is 4.76. The summed E-state index contributed by atoms with van der Waals surface area (Å²) in [6, 6.07) is 13.0. The molecule has 3 rings (SSSR count). The van der Waals surface area contributed by atoms with E-state index in [1.54, 1.807) is 12.1 Å². The number of thiocarbonyl (C=S) groups is 1. The summed E-state index contributed by atoms with van der Waals surface area (Å²) in [4.78, 5) is 16.4. The largest absolute Gasteiger partial charge is 0.422 e. The van der Waals surface area contributed by atoms with Crippen molar-refractivity contribution in [2.45, 2.75) is 13.8 Å². The Bertz CT molecular complexity index is 1000. The Morgan fingerprint density at radius 3 is 2.62 bits per heavy atom. The number of aliphatic imine (C=N–C) groups is 1. The highest BCUT2D eigenvalue weighted by Crippen LogP contribution is 2.32. The van der Waals surface area contributed by atoms with Crippen LogP contribution in [0.5, 0.6) is 0 Å². The number of anilines is 1. The first-order valence-electron chi connectivity index (χ1n) is 7.64. The van der Waals surface area contributed by atoms with E-state index in [2.05, 4.69) is 27.7 Å². The van der Waals surface area contributed by atoms with Gasteiger partial charge in [0.2, 0.25) is 0 Å². The zero-order chi connectivity index (χ0) is 17.1. The van der Waals surface area contributed by atoms with E-state index in [4.69, 9.17) is 4.42 Å². The van der Waals surface area contributed by atoms with Gasteiger partial charge in [0, 0.05) is 17.6 Å². The molecule has 4 nitrogen and oxygen atoms in total. The molecule has 0 amide bonds. The smallest absolute Gasteiger partial charge is 0.344 e. The predicted molar refractivity (Wildman–Crippen MR) is 102 cm³/mol. The van der Waals surface area contributed by atoms with Crippen molar-refractivity contribution in [2.75, 3.05) is 11.9 Å². The molecule has 0 bridgehead atoms. The van der Waals surface area contributed by atoms with Crippen LogP contribution in [0.25, 0.3) is 22.1 Å². The molecule has 0 saturated heterocycles. The molecular weight excluding hydrogens is 320 g/mol. The molecule has 1 N–H and O–H groups in total. The monoisotopic (exact) mass is 336 g/mol. The van der Waals surface area contributed by atoms with Gasteiger partial charge in [-0.3, -0.25) is 0 Å². The van der Waals surface area contributed by atoms with Gasteiger partial charge in [0.25, 0.3) is 0 Å². The van der Waals surface area contributed by atoms with Gasteiger partial charge < -0.3 is 9.73 Å². The van der Waals surface area contributed by atoms with Gasteiger partial charge in [-0.1, -0.05) is 18.2 Å². The topological polar surface area (TPSA) is 54.6 Å². The average Bonchev–Trinajstić information content (AvgIpc) is 2.57. The summed E-state index contributed by atoms with van der Waals surface area (Å²) in [6.07, 6.45) is 0. The molecule has 0 aliphatic rings. The Morgan fingerprint density at radius 2 is 1.96 bits per heavy atom. The van der Waals surface area contributed by atoms with Crippen LogP contribution >= 0.6 is 12.2 Å². The molecule has 1 heterocycles. The number of nitrogens with zero attached hydrogens (tertiary/aromatic N) is 1. The summed E-state index contributed by atoms with van der Waals surface area (Å²) in [5, 5.41) is 6.58. The molecule has 0 aliphatic carbocycles. The van der Waals surface area contributed by atoms with Gasteiger partial charge in [0.15, 0.2) is 0 Å². The molecule has 0 unspecified atom stereocenters. The van der Waals surface area contributed by atoms with E-state index in [9.17, 15) is 4.79 Å². The second kappa shape index (κ2) is 6.79. The molecule has 3 aromatic rings. The van der Waals surface area contributed by atoms with E-state index < -0.39 is 0 Å². The van der Waals surface area contributed by atoms with Crippen molar-refractivity contribution >= 4 is 39.7 Å². The molecule has 120 valence electrons. The van der Waals surface area contributed by atoms with Gasteiger partial charge >= 0.3 is 5.63 Å². The summed E-state index contributed by atoms with van der Waals surface area (Å²) < 4.78 is 5.54. The third kappa shape index (κ3) is 2.87. The zero-order valence-electron chi connectivity index (χ0n) is 13.4. The number of aryl methyl sites for hydroxylation is 1. The van der Waals surface area contributed by atoms with Gasteiger partial charge in [-0.25, -0.2) is 4.79 Å². The van der Waals surface area contributed by atoms with Gasteiger partial charge in [0.1, 0.15) is 5.58 Å². The fourth-order valence-electron chi connectivity index (χ4n) is 2.86. The lowest BCUT2D eigenvalue weighted by atomic mass is 9.98. The molecule has 2 aromatic carbocycles. The van der Waals surface area contributed by atoms with Crippen molar-refractivity contribution in [2.24, 2.45) is 4.99 Å². The summed E-state index contributed by atoms with van der Waals surface area (Å²) in [7, 11) is 0. The van der Waals surface area contributed by atoms with Crippen molar-refractivity contribution in [3.05, 3.63) is 58.4 Å². The minimum absolute atomic E-state index is 0.347. The van der Waals surface area contributed by atoms with E-state index >= 15 is 0 Å². The summed E-state index contributed by atoms with van der Waals surface area (Å²) >= 11 is 4.61. The van der Waals surface area contributed by atoms with Gasteiger partial charge in [-0.05, 0) is 61.5 Å². The van der Waals surface area contributed by atoms with Crippen LogP contribution in [-0.4, -0.2) is 11.7 Å². The fraction of sp³-hybridized carbons (Fsp3) is 0.158. The average molecular weight is 336 g/mol. The molecule has 1 aromatic heterocycles. The Labute approximate surface area is 144 Å². The number of isothiocyanates is 1. The van der Waals surface area contributed by atoms with Crippen LogP contribution in [0.3, 0.4) is 0 Å². The van der Waals surface area contributed by atoms with Gasteiger partial charge in [0.05, 0.1) is 16.4 Å². The normalized spacial score (nSPS) is 10.4. The standard InChI is InChI=1S/C19H16N2O2S/c1-3-20-15-5-4-6-16-18(15)12(2)17(19(22)23-16)13-7-9-14(10-8-13)21-11-24/h4-10,20H,3H2,1-2H3. The molecular formula is C19H16N2O2S. The van der Waals surface area contributed by atoms with E-state index in [1.807, 2.05) is 44.2 Å². The number of benzene rings is 2. The molecule has 0 fully saturated rings. The molecule has 0 spiro atoms. The van der Waals surface area contributed by atoms with Crippen molar-refractivity contribution in [1.29, 1.82) is 0 Å². The predicted octanol–water partition coefficient (Wildman–Crippen LogP) is 4.93. The third-order valence-electron chi connectivity index (χ3n) is 3.88. The fourth-order valence-corrected chi connectivity index (χ4v) is 2.96. The molecule has 0 radical (unpaired) electrons. The van der Waals surface area contributed by atoms with Crippen molar-refractivity contribution in [1.82, 2.24) is 0 Å². The molecule has 0 atom stereocenters. The second-order valence-corrected chi connectivity index (χ2v) is 5.53. The van der Waals surface area contributed by atoms with Crippen LogP contribution in [0.2, 0.25) is 0 Å². The zero-order valence-corrected chi connectivity index (χ0v) is 14.2. The first-order valence-corrected chi connectivity index (χ1v) is 8.05. The highest BCUT2D eigenvalue weighted by atomic mass is 32.1. The second-order valence-electron chi connectivity index (χ2n) is 5.35. The van der Waals surface area contributed by atoms with E-state index in [1.165, 1.54) is 0 Å². The summed E-state index contributed by atoms with van der Waals surface area (Å²) in [5.74, 6) is 0. The first-order chi connectivity index (χ1) is 11.7. The van der Waals surface area contributed by atoms with Crippen LogP contribution in [-0.2, 0) is 0 Å². The minimum atomic E-state index is -0.347. The molecule has 0 aliphatic heterocycles. The van der Waals surface area contributed by atoms with E-state index in [0.29, 0.717) is 16.8 Å². The summed E-state index contributed by atoms with van der Waals surface area (Å²) in [5.41, 5.74) is 4.14. The van der Waals surface area contributed by atoms with Crippen molar-refractivity contribution < 1.29 is 4.42 Å². The SMILES string of the molecule is CCNc1cccc2oc(=O)c(-c3ccc(N=C=S)cc3)c(C)c12. The van der Waals surface area contributed by atoms with Crippen LogP contribution in [0.4, 0.5) is 11.4 Å². The number of hydrogen-bond acceptors (Lipinski definition) is 5. The molecule has 24 heavy (non-hydrogen) atoms. The number of rotatable bonds is 4. The van der Waals surface area contributed by atoms with Crippen LogP contribution in [0, 0.1) is 6.92 Å². The first kappa shape index (κ1) is 16.1. The molecule has 0 saturated carbocycles. The maximum Gasteiger partial charge on any atom is 0.344 e. The maximum absolute atomic E-state index is 12.5. The van der Waals surface area contributed by atoms with Gasteiger partial charge in [-0.15, -0.1) is 0 Å². The number of nitrogens with one attached hydrogen (secondary N) is 1. The lowest BCUT2D eigenvalue weighted by molar-refractivity contribution is 0.562. The Kier molecular flexibility index (Phi) is 4.56. The van der Waals surface area contributed by atoms with Crippen molar-refractivity contribution in [3.63, 3.8) is 0 Å². The van der Waals surface area contributed by atoms with E-state index in [-0.39, 0.29) is 5.63 Å². The van der Waals surface area contributed by atoms with E-state index in [0.717, 1.165) is 28.7 Å². The van der Waals surface area contributed by atoms with Crippen LogP contribution < -0.4 is 10.9 Å². The highest BCUT2D eigenvalue weighted by molar-refractivity contribution is 7.78. The van der Waals surface area contributed by atoms with Crippen molar-refractivity contribution in [3.8, 4) is 11.1 Å². The maximum atomic E-state index is 12.5. The number of hydrogen-bond donors (Lipinski definition) is 1. The lowest BCUT2D eigenvalue weighted by Gasteiger charge is -2.12. The Balaban J connectivity index is 2.26. The van der Waals surface area contributed by atoms with Gasteiger partial charge in [-0.2, -0.15) is 4.99 Å². The minimum Gasteiger partial charge on any atom is -0.422 e. The highest BCUT2D eigenvalue weighted by Gasteiger charge is 2.15. The third-order valence-corrected chi connectivity index (χ3v) is 3.97.